The largest absolute Gasteiger partial charge is 0.493 e. The summed E-state index contributed by atoms with van der Waals surface area (Å²) in [7, 11) is -1.59. The molecular weight excluding hydrogens is 374 g/mol. The quantitative estimate of drug-likeness (QED) is 0.651. The third kappa shape index (κ3) is 6.59. The number of ether oxygens (including phenoxy) is 3. The Hall–Kier alpha value is -2.55. The zero-order valence-corrected chi connectivity index (χ0v) is 16.1. The van der Waals surface area contributed by atoms with Crippen molar-refractivity contribution in [2.75, 3.05) is 31.8 Å². The Labute approximate surface area is 158 Å². The van der Waals surface area contributed by atoms with Crippen LogP contribution in [0.1, 0.15) is 18.9 Å². The summed E-state index contributed by atoms with van der Waals surface area (Å²) in [6.45, 7) is 1.02. The molecule has 1 heterocycles. The Morgan fingerprint density at radius 3 is 2.67 bits per heavy atom. The first-order valence-electron chi connectivity index (χ1n) is 8.42. The van der Waals surface area contributed by atoms with Crippen LogP contribution in [0, 0.1) is 0 Å². The lowest BCUT2D eigenvalue weighted by Crippen LogP contribution is -2.38. The van der Waals surface area contributed by atoms with E-state index in [4.69, 9.17) is 14.2 Å². The Morgan fingerprint density at radius 1 is 1.26 bits per heavy atom. The van der Waals surface area contributed by atoms with E-state index in [2.05, 4.69) is 5.32 Å². The second kappa shape index (κ2) is 9.40. The van der Waals surface area contributed by atoms with Gasteiger partial charge in [0.1, 0.15) is 0 Å². The lowest BCUT2D eigenvalue weighted by molar-refractivity contribution is -0.150. The summed E-state index contributed by atoms with van der Waals surface area (Å²) in [5.74, 6) is -0.441. The van der Waals surface area contributed by atoms with E-state index in [9.17, 15) is 18.0 Å². The van der Waals surface area contributed by atoms with Crippen molar-refractivity contribution in [2.45, 2.75) is 19.4 Å². The summed E-state index contributed by atoms with van der Waals surface area (Å²) in [4.78, 5) is 23.5. The highest BCUT2D eigenvalue weighted by molar-refractivity contribution is 7.91. The molecule has 0 radical (unpaired) electrons. The molecule has 1 aliphatic heterocycles. The van der Waals surface area contributed by atoms with E-state index in [0.717, 1.165) is 5.56 Å². The summed E-state index contributed by atoms with van der Waals surface area (Å²) < 4.78 is 38.2. The first-order chi connectivity index (χ1) is 12.8. The normalized spacial score (nSPS) is 18.2. The Balaban J connectivity index is 1.77. The first-order valence-corrected chi connectivity index (χ1v) is 10.2. The molecule has 27 heavy (non-hydrogen) atoms. The number of allylic oxidation sites excluding steroid dienone is 1. The molecule has 0 spiro atoms. The second-order valence-corrected chi connectivity index (χ2v) is 8.26. The molecule has 1 N–H and O–H groups in total. The maximum absolute atomic E-state index is 11.8. The van der Waals surface area contributed by atoms with Crippen LogP contribution in [-0.4, -0.2) is 58.2 Å². The van der Waals surface area contributed by atoms with Crippen molar-refractivity contribution >= 4 is 27.8 Å². The summed E-state index contributed by atoms with van der Waals surface area (Å²) in [6, 6.07) is 4.82. The fraction of sp³-hybridized carbons (Fsp3) is 0.444. The molecule has 8 nitrogen and oxygen atoms in total. The minimum absolute atomic E-state index is 0.0558. The van der Waals surface area contributed by atoms with Crippen LogP contribution in [-0.2, 0) is 24.2 Å². The van der Waals surface area contributed by atoms with Crippen molar-refractivity contribution in [1.82, 2.24) is 5.32 Å². The highest BCUT2D eigenvalue weighted by atomic mass is 32.2. The number of hydrogen-bond donors (Lipinski definition) is 1. The monoisotopic (exact) mass is 397 g/mol. The fourth-order valence-corrected chi connectivity index (χ4v) is 4.28. The van der Waals surface area contributed by atoms with Crippen LogP contribution in [0.4, 0.5) is 0 Å². The van der Waals surface area contributed by atoms with Crippen LogP contribution in [0.5, 0.6) is 11.5 Å². The molecule has 0 unspecified atom stereocenters. The fourth-order valence-electron chi connectivity index (χ4n) is 2.60. The Bertz CT molecular complexity index is 817. The number of esters is 1. The van der Waals surface area contributed by atoms with Crippen molar-refractivity contribution < 1.29 is 32.2 Å². The zero-order valence-electron chi connectivity index (χ0n) is 15.3. The average Bonchev–Trinajstić information content (AvgIpc) is 2.97. The van der Waals surface area contributed by atoms with Crippen LogP contribution in [0.15, 0.2) is 24.3 Å². The molecule has 2 rings (SSSR count). The third-order valence-electron chi connectivity index (χ3n) is 3.85. The molecule has 1 fully saturated rings. The number of sulfone groups is 1. The number of carbonyl (C=O) groups is 2. The minimum atomic E-state index is -3.08. The molecular formula is C18H23NO7S. The van der Waals surface area contributed by atoms with Crippen molar-refractivity contribution in [1.29, 1.82) is 0 Å². The molecule has 0 saturated carbocycles. The number of hydrogen-bond acceptors (Lipinski definition) is 7. The number of nitrogens with one attached hydrogen (secondary N) is 1. The maximum Gasteiger partial charge on any atom is 0.344 e. The van der Waals surface area contributed by atoms with E-state index in [1.54, 1.807) is 12.1 Å². The van der Waals surface area contributed by atoms with Crippen LogP contribution in [0.25, 0.3) is 6.08 Å². The van der Waals surface area contributed by atoms with E-state index in [1.165, 1.54) is 7.11 Å². The molecule has 0 aliphatic carbocycles. The van der Waals surface area contributed by atoms with Gasteiger partial charge in [-0.1, -0.05) is 18.2 Å². The smallest absolute Gasteiger partial charge is 0.344 e. The molecule has 1 aliphatic rings. The van der Waals surface area contributed by atoms with Crippen LogP contribution < -0.4 is 14.8 Å². The van der Waals surface area contributed by atoms with Crippen molar-refractivity contribution in [3.05, 3.63) is 29.8 Å². The molecule has 1 aromatic carbocycles. The van der Waals surface area contributed by atoms with Gasteiger partial charge in [0, 0.05) is 6.04 Å². The van der Waals surface area contributed by atoms with Crippen molar-refractivity contribution in [3.8, 4) is 11.5 Å². The number of methoxy groups -OCH3 is 1. The Kier molecular flexibility index (Phi) is 7.23. The zero-order chi connectivity index (χ0) is 19.9. The van der Waals surface area contributed by atoms with Gasteiger partial charge in [0.05, 0.1) is 18.6 Å². The lowest BCUT2D eigenvalue weighted by Gasteiger charge is -2.12. The van der Waals surface area contributed by atoms with E-state index in [1.807, 2.05) is 25.1 Å². The average molecular weight is 397 g/mol. The molecule has 1 atom stereocenters. The molecule has 0 aromatic heterocycles. The van der Waals surface area contributed by atoms with Gasteiger partial charge in [-0.05, 0) is 31.0 Å². The van der Waals surface area contributed by atoms with E-state index >= 15 is 0 Å². The highest BCUT2D eigenvalue weighted by Gasteiger charge is 2.29. The van der Waals surface area contributed by atoms with Crippen molar-refractivity contribution in [2.24, 2.45) is 0 Å². The van der Waals surface area contributed by atoms with Gasteiger partial charge >= 0.3 is 5.97 Å². The third-order valence-corrected chi connectivity index (χ3v) is 5.62. The van der Waals surface area contributed by atoms with Gasteiger partial charge in [-0.3, -0.25) is 4.79 Å². The van der Waals surface area contributed by atoms with Crippen molar-refractivity contribution in [3.63, 3.8) is 0 Å². The SMILES string of the molecule is C/C=C/c1ccc(OCC(=O)OCC(=O)N[C@@H]2CCS(=O)(=O)C2)c(OC)c1. The predicted octanol–water partition coefficient (Wildman–Crippen LogP) is 0.954. The number of carbonyl (C=O) groups excluding carboxylic acids is 2. The van der Waals surface area contributed by atoms with Gasteiger partial charge in [-0.2, -0.15) is 0 Å². The van der Waals surface area contributed by atoms with E-state index in [-0.39, 0.29) is 18.1 Å². The lowest BCUT2D eigenvalue weighted by atomic mass is 10.2. The summed E-state index contributed by atoms with van der Waals surface area (Å²) in [5.41, 5.74) is 0.926. The predicted molar refractivity (Wildman–Crippen MR) is 99.4 cm³/mol. The van der Waals surface area contributed by atoms with Gasteiger partial charge < -0.3 is 19.5 Å². The second-order valence-electron chi connectivity index (χ2n) is 6.03. The number of amides is 1. The van der Waals surface area contributed by atoms with E-state index in [0.29, 0.717) is 17.9 Å². The van der Waals surface area contributed by atoms with Gasteiger partial charge in [0.25, 0.3) is 5.91 Å². The van der Waals surface area contributed by atoms with Crippen LogP contribution in [0.3, 0.4) is 0 Å². The number of rotatable bonds is 8. The van der Waals surface area contributed by atoms with Crippen LogP contribution in [0.2, 0.25) is 0 Å². The molecule has 1 amide bonds. The van der Waals surface area contributed by atoms with Crippen LogP contribution >= 0.6 is 0 Å². The Morgan fingerprint density at radius 2 is 2.04 bits per heavy atom. The topological polar surface area (TPSA) is 108 Å². The molecule has 1 aromatic rings. The molecule has 1 saturated heterocycles. The van der Waals surface area contributed by atoms with E-state index < -0.39 is 34.4 Å². The van der Waals surface area contributed by atoms with Gasteiger partial charge in [-0.25, -0.2) is 13.2 Å². The molecule has 9 heteroatoms. The standard InChI is InChI=1S/C18H23NO7S/c1-3-4-13-5-6-15(16(9-13)24-2)25-11-18(21)26-10-17(20)19-14-7-8-27(22,23)12-14/h3-6,9,14H,7-8,10-12H2,1-2H3,(H,19,20)/b4-3+/t14-/m1/s1. The minimum Gasteiger partial charge on any atom is -0.493 e. The molecule has 148 valence electrons. The number of benzene rings is 1. The summed E-state index contributed by atoms with van der Waals surface area (Å²) in [5, 5.41) is 2.54. The summed E-state index contributed by atoms with van der Waals surface area (Å²) in [6.07, 6.45) is 4.15. The van der Waals surface area contributed by atoms with Gasteiger partial charge in [0.2, 0.25) is 0 Å². The van der Waals surface area contributed by atoms with Gasteiger partial charge in [-0.15, -0.1) is 0 Å². The summed E-state index contributed by atoms with van der Waals surface area (Å²) >= 11 is 0. The van der Waals surface area contributed by atoms with Gasteiger partial charge in [0.15, 0.2) is 34.6 Å². The maximum atomic E-state index is 11.8. The first kappa shape index (κ1) is 20.8. The molecule has 0 bridgehead atoms. The highest BCUT2D eigenvalue weighted by Crippen LogP contribution is 2.28.